The van der Waals surface area contributed by atoms with E-state index < -0.39 is 0 Å². The predicted molar refractivity (Wildman–Crippen MR) is 77.8 cm³/mol. The largest absolute Gasteiger partial charge is 0.310 e. The molecular weight excluding hydrogens is 269 g/mol. The van der Waals surface area contributed by atoms with Crippen LogP contribution in [0.2, 0.25) is 5.02 Å². The molecular formula is C14H19ClFNS. The molecule has 2 unspecified atom stereocenters. The smallest absolute Gasteiger partial charge is 0.129 e. The maximum Gasteiger partial charge on any atom is 0.129 e. The Bertz CT molecular complexity index is 399. The molecule has 1 nitrogen and oxygen atoms in total. The Morgan fingerprint density at radius 1 is 1.44 bits per heavy atom. The van der Waals surface area contributed by atoms with Crippen LogP contribution in [0.25, 0.3) is 0 Å². The summed E-state index contributed by atoms with van der Waals surface area (Å²) >= 11 is 7.77. The van der Waals surface area contributed by atoms with E-state index in [9.17, 15) is 4.39 Å². The van der Waals surface area contributed by atoms with Gasteiger partial charge in [-0.1, -0.05) is 24.6 Å². The Morgan fingerprint density at radius 2 is 2.28 bits per heavy atom. The molecule has 2 atom stereocenters. The minimum atomic E-state index is -0.215. The van der Waals surface area contributed by atoms with Crippen LogP contribution < -0.4 is 5.32 Å². The number of benzene rings is 1. The number of hydrogen-bond acceptors (Lipinski definition) is 2. The molecule has 1 aromatic carbocycles. The van der Waals surface area contributed by atoms with Gasteiger partial charge < -0.3 is 5.32 Å². The van der Waals surface area contributed by atoms with Crippen molar-refractivity contribution >= 4 is 23.4 Å². The lowest BCUT2D eigenvalue weighted by atomic mass is 10.2. The Hall–Kier alpha value is -0.250. The molecule has 0 radical (unpaired) electrons. The van der Waals surface area contributed by atoms with Gasteiger partial charge in [-0.3, -0.25) is 0 Å². The zero-order valence-electron chi connectivity index (χ0n) is 10.6. The first-order chi connectivity index (χ1) is 8.69. The van der Waals surface area contributed by atoms with Gasteiger partial charge in [-0.15, -0.1) is 0 Å². The van der Waals surface area contributed by atoms with Crippen LogP contribution in [-0.4, -0.2) is 17.0 Å². The van der Waals surface area contributed by atoms with Gasteiger partial charge in [0.2, 0.25) is 0 Å². The Morgan fingerprint density at radius 3 is 3.00 bits per heavy atom. The van der Waals surface area contributed by atoms with Crippen molar-refractivity contribution in [2.45, 2.75) is 44.0 Å². The zero-order valence-corrected chi connectivity index (χ0v) is 12.2. The lowest BCUT2D eigenvalue weighted by molar-refractivity contribution is 0.509. The molecule has 0 aromatic heterocycles. The van der Waals surface area contributed by atoms with E-state index in [0.717, 1.165) is 5.25 Å². The maximum atomic E-state index is 13.6. The van der Waals surface area contributed by atoms with E-state index in [0.29, 0.717) is 23.2 Å². The molecule has 1 aliphatic rings. The van der Waals surface area contributed by atoms with Gasteiger partial charge in [0.25, 0.3) is 0 Å². The summed E-state index contributed by atoms with van der Waals surface area (Å²) in [5, 5.41) is 4.69. The van der Waals surface area contributed by atoms with Crippen molar-refractivity contribution in [1.29, 1.82) is 0 Å². The van der Waals surface area contributed by atoms with Crippen molar-refractivity contribution in [2.75, 3.05) is 5.75 Å². The highest BCUT2D eigenvalue weighted by atomic mass is 35.5. The third-order valence-electron chi connectivity index (χ3n) is 3.38. The van der Waals surface area contributed by atoms with Gasteiger partial charge >= 0.3 is 0 Å². The fraction of sp³-hybridized carbons (Fsp3) is 0.571. The first-order valence-electron chi connectivity index (χ1n) is 6.48. The van der Waals surface area contributed by atoms with Crippen LogP contribution in [0.4, 0.5) is 4.39 Å². The van der Waals surface area contributed by atoms with Crippen molar-refractivity contribution < 1.29 is 4.39 Å². The molecule has 0 saturated heterocycles. The zero-order chi connectivity index (χ0) is 13.0. The molecule has 0 aliphatic heterocycles. The molecule has 1 saturated carbocycles. The van der Waals surface area contributed by atoms with Gasteiger partial charge in [0.05, 0.1) is 0 Å². The van der Waals surface area contributed by atoms with Gasteiger partial charge in [-0.2, -0.15) is 11.8 Å². The molecule has 1 fully saturated rings. The van der Waals surface area contributed by atoms with Crippen molar-refractivity contribution in [3.63, 3.8) is 0 Å². The van der Waals surface area contributed by atoms with Crippen LogP contribution in [0, 0.1) is 5.82 Å². The van der Waals surface area contributed by atoms with Gasteiger partial charge in [0, 0.05) is 28.4 Å². The van der Waals surface area contributed by atoms with E-state index in [1.165, 1.54) is 31.1 Å². The van der Waals surface area contributed by atoms with E-state index in [-0.39, 0.29) is 5.82 Å². The van der Waals surface area contributed by atoms with Crippen molar-refractivity contribution in [1.82, 2.24) is 5.32 Å². The monoisotopic (exact) mass is 287 g/mol. The molecule has 0 bridgehead atoms. The molecule has 1 aliphatic carbocycles. The number of thioether (sulfide) groups is 1. The van der Waals surface area contributed by atoms with E-state index >= 15 is 0 Å². The molecule has 18 heavy (non-hydrogen) atoms. The van der Waals surface area contributed by atoms with E-state index in [1.807, 2.05) is 11.8 Å². The highest BCUT2D eigenvalue weighted by Crippen LogP contribution is 2.29. The topological polar surface area (TPSA) is 12.0 Å². The maximum absolute atomic E-state index is 13.6. The van der Waals surface area contributed by atoms with Crippen molar-refractivity contribution in [3.05, 3.63) is 34.6 Å². The lowest BCUT2D eigenvalue weighted by Gasteiger charge is -2.13. The fourth-order valence-corrected chi connectivity index (χ4v) is 3.73. The first kappa shape index (κ1) is 14.2. The molecule has 0 heterocycles. The highest BCUT2D eigenvalue weighted by molar-refractivity contribution is 7.99. The van der Waals surface area contributed by atoms with E-state index in [2.05, 4.69) is 12.2 Å². The molecule has 0 spiro atoms. The highest BCUT2D eigenvalue weighted by Gasteiger charge is 2.24. The summed E-state index contributed by atoms with van der Waals surface area (Å²) in [4.78, 5) is 0. The van der Waals surface area contributed by atoms with Crippen LogP contribution in [0.5, 0.6) is 0 Å². The van der Waals surface area contributed by atoms with Crippen LogP contribution in [-0.2, 0) is 6.54 Å². The lowest BCUT2D eigenvalue weighted by Crippen LogP contribution is -2.26. The summed E-state index contributed by atoms with van der Waals surface area (Å²) in [6.07, 6.45) is 3.68. The van der Waals surface area contributed by atoms with Crippen LogP contribution >= 0.6 is 23.4 Å². The number of halogens is 2. The Balaban J connectivity index is 1.81. The summed E-state index contributed by atoms with van der Waals surface area (Å²) in [7, 11) is 0. The van der Waals surface area contributed by atoms with Crippen LogP contribution in [0.1, 0.15) is 31.7 Å². The number of nitrogens with one attached hydrogen (secondary N) is 1. The summed E-state index contributed by atoms with van der Waals surface area (Å²) in [5.41, 5.74) is 0.700. The summed E-state index contributed by atoms with van der Waals surface area (Å²) in [5.74, 6) is 0.968. The van der Waals surface area contributed by atoms with Gasteiger partial charge in [-0.05, 0) is 37.1 Å². The fourth-order valence-electron chi connectivity index (χ4n) is 2.43. The average Bonchev–Trinajstić information content (AvgIpc) is 2.76. The summed E-state index contributed by atoms with van der Waals surface area (Å²) in [6, 6.07) is 5.41. The second kappa shape index (κ2) is 6.78. The van der Waals surface area contributed by atoms with Crippen molar-refractivity contribution in [2.24, 2.45) is 0 Å². The molecule has 1 N–H and O–H groups in total. The number of rotatable bonds is 5. The second-order valence-electron chi connectivity index (χ2n) is 4.70. The average molecular weight is 288 g/mol. The SMILES string of the molecule is CCSC1CCC(NCc2ccc(Cl)cc2F)C1. The standard InChI is InChI=1S/C14H19ClFNS/c1-2-18-13-6-5-12(8-13)17-9-10-3-4-11(15)7-14(10)16/h3-4,7,12-13,17H,2,5-6,8-9H2,1H3. The normalized spacial score (nSPS) is 23.5. The van der Waals surface area contributed by atoms with Gasteiger partial charge in [0.1, 0.15) is 5.82 Å². The minimum Gasteiger partial charge on any atom is -0.310 e. The van der Waals surface area contributed by atoms with Gasteiger partial charge in [0.15, 0.2) is 0 Å². The first-order valence-corrected chi connectivity index (χ1v) is 7.90. The predicted octanol–water partition coefficient (Wildman–Crippen LogP) is 4.24. The Labute approximate surface area is 117 Å². The quantitative estimate of drug-likeness (QED) is 0.869. The van der Waals surface area contributed by atoms with E-state index in [4.69, 9.17) is 11.6 Å². The number of hydrogen-bond donors (Lipinski definition) is 1. The second-order valence-corrected chi connectivity index (χ2v) is 6.72. The van der Waals surface area contributed by atoms with E-state index in [1.54, 1.807) is 12.1 Å². The van der Waals surface area contributed by atoms with Crippen LogP contribution in [0.15, 0.2) is 18.2 Å². The van der Waals surface area contributed by atoms with Gasteiger partial charge in [-0.25, -0.2) is 4.39 Å². The van der Waals surface area contributed by atoms with Crippen molar-refractivity contribution in [3.8, 4) is 0 Å². The molecule has 100 valence electrons. The van der Waals surface area contributed by atoms with Crippen LogP contribution in [0.3, 0.4) is 0 Å². The summed E-state index contributed by atoms with van der Waals surface area (Å²) in [6.45, 7) is 2.80. The molecule has 0 amide bonds. The molecule has 2 rings (SSSR count). The molecule has 1 aromatic rings. The third-order valence-corrected chi connectivity index (χ3v) is 4.85. The summed E-state index contributed by atoms with van der Waals surface area (Å²) < 4.78 is 13.6. The third kappa shape index (κ3) is 3.87. The Kier molecular flexibility index (Phi) is 5.34. The minimum absolute atomic E-state index is 0.215. The molecule has 4 heteroatoms.